The number of carbonyl (C=O) groups excluding carboxylic acids is 2. The maximum atomic E-state index is 13.8. The minimum absolute atomic E-state index is 0.0119. The molecule has 3 aromatic carbocycles. The first kappa shape index (κ1) is 23.2. The van der Waals surface area contributed by atoms with Crippen LogP contribution in [-0.2, 0) is 22.4 Å². The number of hydrogen-bond donors (Lipinski definition) is 1. The highest BCUT2D eigenvalue weighted by Crippen LogP contribution is 2.42. The standard InChI is InChI=1S/C28H23ClN4O4/c29-19-9-5-17(6-10-19)13-14-31-16-25(34)32-24(28(31)35)15-22-21-3-1-2-4-23(21)30-26(22)27(32)18-7-11-20(12-8-18)33(36)37/h1-12,24,27,30H,13-16H2/t24-,27+/m0/s1. The zero-order valence-corrected chi connectivity index (χ0v) is 20.5. The molecule has 4 aromatic rings. The summed E-state index contributed by atoms with van der Waals surface area (Å²) in [4.78, 5) is 45.0. The molecular formula is C28H23ClN4O4. The van der Waals surface area contributed by atoms with Gasteiger partial charge in [-0.05, 0) is 53.4 Å². The van der Waals surface area contributed by atoms with Gasteiger partial charge in [-0.3, -0.25) is 19.7 Å². The van der Waals surface area contributed by atoms with Gasteiger partial charge in [0.2, 0.25) is 11.8 Å². The van der Waals surface area contributed by atoms with Crippen molar-refractivity contribution < 1.29 is 14.5 Å². The van der Waals surface area contributed by atoms with E-state index in [1.54, 1.807) is 21.9 Å². The number of aromatic nitrogens is 1. The summed E-state index contributed by atoms with van der Waals surface area (Å²) in [5.41, 5.74) is 4.52. The van der Waals surface area contributed by atoms with E-state index in [1.807, 2.05) is 48.5 Å². The number of nitrogens with zero attached hydrogens (tertiary/aromatic N) is 3. The Morgan fingerprint density at radius 2 is 1.73 bits per heavy atom. The lowest BCUT2D eigenvalue weighted by Crippen LogP contribution is -2.63. The number of para-hydroxylation sites is 1. The van der Waals surface area contributed by atoms with Gasteiger partial charge in [0.1, 0.15) is 6.04 Å². The fraction of sp³-hybridized carbons (Fsp3) is 0.214. The van der Waals surface area contributed by atoms with Crippen molar-refractivity contribution in [3.8, 4) is 0 Å². The van der Waals surface area contributed by atoms with Crippen LogP contribution in [0.15, 0.2) is 72.8 Å². The number of fused-ring (bicyclic) bond motifs is 4. The van der Waals surface area contributed by atoms with Crippen LogP contribution in [0.25, 0.3) is 10.9 Å². The van der Waals surface area contributed by atoms with Crippen molar-refractivity contribution in [1.29, 1.82) is 0 Å². The van der Waals surface area contributed by atoms with Gasteiger partial charge in [-0.25, -0.2) is 0 Å². The number of piperazine rings is 1. The SMILES string of the molecule is O=C1[C@@H]2Cc3c([nH]c4ccccc34)[C@@H](c3ccc([N+](=O)[O-])cc3)N2C(=O)CN1CCc1ccc(Cl)cc1. The van der Waals surface area contributed by atoms with Gasteiger partial charge in [-0.2, -0.15) is 0 Å². The third kappa shape index (κ3) is 4.03. The minimum Gasteiger partial charge on any atom is -0.356 e. The van der Waals surface area contributed by atoms with E-state index in [0.717, 1.165) is 33.3 Å². The molecule has 6 rings (SSSR count). The zero-order chi connectivity index (χ0) is 25.7. The quantitative estimate of drug-likeness (QED) is 0.309. The topological polar surface area (TPSA) is 99.5 Å². The van der Waals surface area contributed by atoms with Crippen molar-refractivity contribution >= 4 is 40.0 Å². The molecule has 1 saturated heterocycles. The highest BCUT2D eigenvalue weighted by Gasteiger charge is 2.48. The molecule has 186 valence electrons. The van der Waals surface area contributed by atoms with Gasteiger partial charge >= 0.3 is 0 Å². The number of nitrogens with one attached hydrogen (secondary N) is 1. The third-order valence-corrected chi connectivity index (χ3v) is 7.60. The van der Waals surface area contributed by atoms with E-state index < -0.39 is 17.0 Å². The monoisotopic (exact) mass is 514 g/mol. The largest absolute Gasteiger partial charge is 0.356 e. The number of benzene rings is 3. The number of aromatic amines is 1. The van der Waals surface area contributed by atoms with Gasteiger partial charge in [-0.15, -0.1) is 0 Å². The molecule has 37 heavy (non-hydrogen) atoms. The van der Waals surface area contributed by atoms with Crippen LogP contribution in [0.3, 0.4) is 0 Å². The number of nitro benzene ring substituents is 1. The highest BCUT2D eigenvalue weighted by atomic mass is 35.5. The molecule has 9 heteroatoms. The first-order chi connectivity index (χ1) is 17.9. The molecule has 0 radical (unpaired) electrons. The Morgan fingerprint density at radius 3 is 2.46 bits per heavy atom. The summed E-state index contributed by atoms with van der Waals surface area (Å²) in [7, 11) is 0. The molecule has 2 aliphatic heterocycles. The Bertz CT molecular complexity index is 1530. The molecule has 1 N–H and O–H groups in total. The summed E-state index contributed by atoms with van der Waals surface area (Å²) in [6.45, 7) is 0.418. The van der Waals surface area contributed by atoms with Crippen LogP contribution in [0.5, 0.6) is 0 Å². The fourth-order valence-electron chi connectivity index (χ4n) is 5.55. The molecule has 0 unspecified atom stereocenters. The summed E-state index contributed by atoms with van der Waals surface area (Å²) in [6.07, 6.45) is 1.03. The second kappa shape index (κ2) is 9.05. The minimum atomic E-state index is -0.654. The van der Waals surface area contributed by atoms with E-state index in [2.05, 4.69) is 4.98 Å². The third-order valence-electron chi connectivity index (χ3n) is 7.35. The fourth-order valence-corrected chi connectivity index (χ4v) is 5.68. The van der Waals surface area contributed by atoms with Crippen molar-refractivity contribution in [2.45, 2.75) is 24.9 Å². The maximum Gasteiger partial charge on any atom is 0.269 e. The van der Waals surface area contributed by atoms with E-state index in [4.69, 9.17) is 11.6 Å². The summed E-state index contributed by atoms with van der Waals surface area (Å²) in [6, 6.07) is 20.4. The highest BCUT2D eigenvalue weighted by molar-refractivity contribution is 6.30. The predicted octanol–water partition coefficient (Wildman–Crippen LogP) is 4.66. The van der Waals surface area contributed by atoms with Crippen LogP contribution in [0.4, 0.5) is 5.69 Å². The summed E-state index contributed by atoms with van der Waals surface area (Å²) in [5.74, 6) is -0.232. The second-order valence-electron chi connectivity index (χ2n) is 9.47. The first-order valence-electron chi connectivity index (χ1n) is 12.1. The molecule has 2 atom stereocenters. The summed E-state index contributed by atoms with van der Waals surface area (Å²) < 4.78 is 0. The van der Waals surface area contributed by atoms with Crippen LogP contribution >= 0.6 is 11.6 Å². The molecule has 0 aliphatic carbocycles. The Morgan fingerprint density at radius 1 is 1.00 bits per heavy atom. The van der Waals surface area contributed by atoms with Crippen molar-refractivity contribution in [2.75, 3.05) is 13.1 Å². The van der Waals surface area contributed by atoms with Crippen LogP contribution in [0.2, 0.25) is 5.02 Å². The number of hydrogen-bond acceptors (Lipinski definition) is 4. The number of rotatable bonds is 5. The maximum absolute atomic E-state index is 13.8. The van der Waals surface area contributed by atoms with Crippen molar-refractivity contribution in [3.05, 3.63) is 110 Å². The summed E-state index contributed by atoms with van der Waals surface area (Å²) in [5, 5.41) is 12.9. The molecule has 1 aromatic heterocycles. The Labute approximate surface area is 217 Å². The second-order valence-corrected chi connectivity index (χ2v) is 9.91. The molecule has 2 amide bonds. The molecule has 8 nitrogen and oxygen atoms in total. The average molecular weight is 515 g/mol. The number of nitro groups is 1. The van der Waals surface area contributed by atoms with Gasteiger partial charge in [0, 0.05) is 46.7 Å². The number of non-ortho nitro benzene ring substituents is 1. The van der Waals surface area contributed by atoms with Crippen LogP contribution in [-0.4, -0.2) is 50.7 Å². The lowest BCUT2D eigenvalue weighted by Gasteiger charge is -2.47. The Balaban J connectivity index is 1.38. The normalized spacial score (nSPS) is 19.2. The number of carbonyl (C=O) groups is 2. The molecule has 1 fully saturated rings. The van der Waals surface area contributed by atoms with Crippen molar-refractivity contribution in [3.63, 3.8) is 0 Å². The molecule has 2 aliphatic rings. The Kier molecular flexibility index (Phi) is 5.68. The van der Waals surface area contributed by atoms with E-state index in [1.165, 1.54) is 12.1 Å². The van der Waals surface area contributed by atoms with E-state index in [9.17, 15) is 19.7 Å². The van der Waals surface area contributed by atoms with Crippen LogP contribution in [0.1, 0.15) is 28.4 Å². The average Bonchev–Trinajstić information content (AvgIpc) is 3.28. The van der Waals surface area contributed by atoms with Crippen molar-refractivity contribution in [1.82, 2.24) is 14.8 Å². The first-order valence-corrected chi connectivity index (χ1v) is 12.5. The molecule has 0 bridgehead atoms. The van der Waals surface area contributed by atoms with E-state index in [0.29, 0.717) is 24.4 Å². The smallest absolute Gasteiger partial charge is 0.269 e. The van der Waals surface area contributed by atoms with E-state index >= 15 is 0 Å². The Hall–Kier alpha value is -4.17. The van der Waals surface area contributed by atoms with Crippen molar-refractivity contribution in [2.24, 2.45) is 0 Å². The van der Waals surface area contributed by atoms with Crippen LogP contribution in [0, 0.1) is 10.1 Å². The van der Waals surface area contributed by atoms with Gasteiger partial charge in [0.15, 0.2) is 0 Å². The van der Waals surface area contributed by atoms with Gasteiger partial charge in [0.25, 0.3) is 5.69 Å². The van der Waals surface area contributed by atoms with Gasteiger partial charge < -0.3 is 14.8 Å². The van der Waals surface area contributed by atoms with E-state index in [-0.39, 0.29) is 24.0 Å². The molecule has 0 saturated carbocycles. The lowest BCUT2D eigenvalue weighted by molar-refractivity contribution is -0.384. The number of halogens is 1. The number of H-pyrrole nitrogens is 1. The molecular weight excluding hydrogens is 492 g/mol. The molecule has 0 spiro atoms. The zero-order valence-electron chi connectivity index (χ0n) is 19.8. The van der Waals surface area contributed by atoms with Gasteiger partial charge in [0.05, 0.1) is 17.5 Å². The number of amides is 2. The van der Waals surface area contributed by atoms with Gasteiger partial charge in [-0.1, -0.05) is 41.9 Å². The summed E-state index contributed by atoms with van der Waals surface area (Å²) >= 11 is 5.99. The predicted molar refractivity (Wildman–Crippen MR) is 139 cm³/mol. The molecule has 3 heterocycles. The lowest BCUT2D eigenvalue weighted by atomic mass is 9.86. The van der Waals surface area contributed by atoms with Crippen LogP contribution < -0.4 is 0 Å².